The predicted molar refractivity (Wildman–Crippen MR) is 55.8 cm³/mol. The van der Waals surface area contributed by atoms with E-state index in [0.717, 1.165) is 17.3 Å². The number of amides is 1. The minimum Gasteiger partial charge on any atom is -0.368 e. The highest BCUT2D eigenvalue weighted by Gasteiger charge is 2.23. The molecule has 0 bridgehead atoms. The Bertz CT molecular complexity index is 238. The van der Waals surface area contributed by atoms with Crippen molar-refractivity contribution in [3.8, 4) is 0 Å². The van der Waals surface area contributed by atoms with E-state index in [9.17, 15) is 4.79 Å². The van der Waals surface area contributed by atoms with Crippen LogP contribution in [0.15, 0.2) is 4.99 Å². The van der Waals surface area contributed by atoms with Crippen LogP contribution in [-0.2, 0) is 4.79 Å². The van der Waals surface area contributed by atoms with E-state index in [0.29, 0.717) is 0 Å². The van der Waals surface area contributed by atoms with Gasteiger partial charge < -0.3 is 11.1 Å². The summed E-state index contributed by atoms with van der Waals surface area (Å²) in [5.74, 6) is 0.649. The van der Waals surface area contributed by atoms with Crippen LogP contribution in [0.5, 0.6) is 0 Å². The lowest BCUT2D eigenvalue weighted by molar-refractivity contribution is -0.116. The molecule has 4 nitrogen and oxygen atoms in total. The zero-order valence-corrected chi connectivity index (χ0v) is 8.78. The van der Waals surface area contributed by atoms with Gasteiger partial charge in [0.2, 0.25) is 5.91 Å². The number of carbonyl (C=O) groups excluding carboxylic acids is 1. The van der Waals surface area contributed by atoms with Gasteiger partial charge in [-0.2, -0.15) is 0 Å². The van der Waals surface area contributed by atoms with Gasteiger partial charge >= 0.3 is 0 Å². The van der Waals surface area contributed by atoms with Gasteiger partial charge in [-0.15, -0.1) is 0 Å². The average molecular weight is 201 g/mol. The standard InChI is InChI=1S/C8H15N3OS/c1-8(2)3-4-13-7(11-8)10-5-6(9)12/h3-5H2,1-2H3,(H2,9,12)(H,10,11). The lowest BCUT2D eigenvalue weighted by Gasteiger charge is -2.32. The Balaban J connectivity index is 2.51. The molecule has 1 heterocycles. The van der Waals surface area contributed by atoms with Gasteiger partial charge in [0.15, 0.2) is 5.17 Å². The monoisotopic (exact) mass is 201 g/mol. The predicted octanol–water partition coefficient (Wildman–Crippen LogP) is 0.333. The number of aliphatic imine (C=N–C) groups is 1. The summed E-state index contributed by atoms with van der Waals surface area (Å²) >= 11 is 1.64. The van der Waals surface area contributed by atoms with Crippen molar-refractivity contribution < 1.29 is 4.79 Å². The van der Waals surface area contributed by atoms with Crippen LogP contribution in [0.4, 0.5) is 0 Å². The number of hydrogen-bond acceptors (Lipinski definition) is 3. The van der Waals surface area contributed by atoms with E-state index in [1.54, 1.807) is 11.8 Å². The summed E-state index contributed by atoms with van der Waals surface area (Å²) in [7, 11) is 0. The summed E-state index contributed by atoms with van der Waals surface area (Å²) in [6.45, 7) is 4.31. The van der Waals surface area contributed by atoms with E-state index >= 15 is 0 Å². The highest BCUT2D eigenvalue weighted by Crippen LogP contribution is 2.21. The largest absolute Gasteiger partial charge is 0.368 e. The number of primary amides is 1. The van der Waals surface area contributed by atoms with Crippen molar-refractivity contribution in [2.75, 3.05) is 12.3 Å². The molecular formula is C8H15N3OS. The molecule has 0 atom stereocenters. The normalized spacial score (nSPS) is 24.0. The summed E-state index contributed by atoms with van der Waals surface area (Å²) in [6, 6.07) is 0. The highest BCUT2D eigenvalue weighted by molar-refractivity contribution is 8.13. The second-order valence-electron chi connectivity index (χ2n) is 3.70. The maximum absolute atomic E-state index is 10.5. The zero-order valence-electron chi connectivity index (χ0n) is 7.96. The Hall–Kier alpha value is -0.710. The average Bonchev–Trinajstić information content (AvgIpc) is 1.99. The molecule has 1 aliphatic rings. The summed E-state index contributed by atoms with van der Waals surface area (Å²) in [6.07, 6.45) is 1.10. The summed E-state index contributed by atoms with van der Waals surface area (Å²) in [4.78, 5) is 14.6. The first-order valence-electron chi connectivity index (χ1n) is 4.23. The minimum atomic E-state index is -0.390. The molecule has 1 saturated heterocycles. The Morgan fingerprint density at radius 3 is 3.00 bits per heavy atom. The third-order valence-electron chi connectivity index (χ3n) is 1.79. The van der Waals surface area contributed by atoms with Crippen molar-refractivity contribution in [2.24, 2.45) is 10.7 Å². The van der Waals surface area contributed by atoms with Crippen molar-refractivity contribution in [2.45, 2.75) is 25.8 Å². The first-order chi connectivity index (χ1) is 5.99. The molecule has 0 radical (unpaired) electrons. The van der Waals surface area contributed by atoms with Crippen molar-refractivity contribution in [3.05, 3.63) is 0 Å². The Morgan fingerprint density at radius 2 is 2.46 bits per heavy atom. The topological polar surface area (TPSA) is 67.5 Å². The minimum absolute atomic E-state index is 0.0748. The van der Waals surface area contributed by atoms with Gasteiger partial charge in [-0.25, -0.2) is 0 Å². The molecule has 74 valence electrons. The quantitative estimate of drug-likeness (QED) is 0.676. The molecule has 1 aliphatic heterocycles. The molecular weight excluding hydrogens is 186 g/mol. The van der Waals surface area contributed by atoms with Crippen LogP contribution < -0.4 is 11.1 Å². The number of nitrogens with two attached hydrogens (primary N) is 1. The van der Waals surface area contributed by atoms with E-state index in [1.165, 1.54) is 0 Å². The maximum Gasteiger partial charge on any atom is 0.239 e. The highest BCUT2D eigenvalue weighted by atomic mass is 32.2. The zero-order chi connectivity index (χ0) is 9.90. The van der Waals surface area contributed by atoms with E-state index in [1.807, 2.05) is 0 Å². The second kappa shape index (κ2) is 4.00. The Kier molecular flexibility index (Phi) is 3.19. The number of carbonyl (C=O) groups is 1. The summed E-state index contributed by atoms with van der Waals surface area (Å²) < 4.78 is 0. The number of amidine groups is 1. The van der Waals surface area contributed by atoms with Crippen LogP contribution in [0.3, 0.4) is 0 Å². The van der Waals surface area contributed by atoms with Gasteiger partial charge in [-0.3, -0.25) is 9.79 Å². The van der Waals surface area contributed by atoms with Crippen LogP contribution in [0, 0.1) is 0 Å². The molecule has 0 aliphatic carbocycles. The molecule has 1 rings (SSSR count). The van der Waals surface area contributed by atoms with Crippen LogP contribution in [-0.4, -0.2) is 28.9 Å². The molecule has 1 fully saturated rings. The van der Waals surface area contributed by atoms with Crippen molar-refractivity contribution in [1.29, 1.82) is 0 Å². The molecule has 0 spiro atoms. The summed E-state index contributed by atoms with van der Waals surface area (Å²) in [5.41, 5.74) is 5.08. The lowest BCUT2D eigenvalue weighted by Crippen LogP contribution is -2.46. The second-order valence-corrected chi connectivity index (χ2v) is 4.78. The van der Waals surface area contributed by atoms with E-state index in [2.05, 4.69) is 24.2 Å². The van der Waals surface area contributed by atoms with Crippen LogP contribution >= 0.6 is 11.8 Å². The molecule has 0 aromatic heterocycles. The van der Waals surface area contributed by atoms with Crippen molar-refractivity contribution >= 4 is 22.8 Å². The third-order valence-corrected chi connectivity index (χ3v) is 2.70. The number of rotatable bonds is 2. The first kappa shape index (κ1) is 10.4. The number of hydrogen-bond donors (Lipinski definition) is 2. The van der Waals surface area contributed by atoms with Gasteiger partial charge in [-0.05, 0) is 20.3 Å². The van der Waals surface area contributed by atoms with E-state index in [4.69, 9.17) is 5.73 Å². The van der Waals surface area contributed by atoms with Gasteiger partial charge in [0.25, 0.3) is 0 Å². The summed E-state index contributed by atoms with van der Waals surface area (Å²) in [5, 5.41) is 4.08. The molecule has 5 heteroatoms. The first-order valence-corrected chi connectivity index (χ1v) is 5.22. The fraction of sp³-hybridized carbons (Fsp3) is 0.750. The van der Waals surface area contributed by atoms with Gasteiger partial charge in [0.1, 0.15) is 6.54 Å². The van der Waals surface area contributed by atoms with Crippen LogP contribution in [0.2, 0.25) is 0 Å². The lowest BCUT2D eigenvalue weighted by atomic mass is 10.0. The number of thioether (sulfide) groups is 1. The smallest absolute Gasteiger partial charge is 0.239 e. The molecule has 3 N–H and O–H groups in total. The van der Waals surface area contributed by atoms with Crippen molar-refractivity contribution in [1.82, 2.24) is 5.32 Å². The molecule has 0 aromatic carbocycles. The molecule has 1 amide bonds. The number of nitrogens with one attached hydrogen (secondary N) is 1. The molecule has 0 unspecified atom stereocenters. The maximum atomic E-state index is 10.5. The van der Waals surface area contributed by atoms with Crippen molar-refractivity contribution in [3.63, 3.8) is 0 Å². The Labute approximate surface area is 82.4 Å². The van der Waals surface area contributed by atoms with Gasteiger partial charge in [-0.1, -0.05) is 11.8 Å². The Morgan fingerprint density at radius 1 is 1.77 bits per heavy atom. The third kappa shape index (κ3) is 3.67. The van der Waals surface area contributed by atoms with Gasteiger partial charge in [0.05, 0.1) is 0 Å². The SMILES string of the molecule is CC1(C)CCSC(=NCC(N)=O)N1. The molecule has 0 aromatic rings. The van der Waals surface area contributed by atoms with Crippen LogP contribution in [0.1, 0.15) is 20.3 Å². The van der Waals surface area contributed by atoms with Gasteiger partial charge in [0, 0.05) is 11.3 Å². The van der Waals surface area contributed by atoms with E-state index in [-0.39, 0.29) is 12.1 Å². The fourth-order valence-corrected chi connectivity index (χ4v) is 2.34. The fourth-order valence-electron chi connectivity index (χ4n) is 1.03. The molecule has 13 heavy (non-hydrogen) atoms. The van der Waals surface area contributed by atoms with Crippen LogP contribution in [0.25, 0.3) is 0 Å². The molecule has 0 saturated carbocycles. The van der Waals surface area contributed by atoms with E-state index < -0.39 is 5.91 Å². The number of nitrogens with zero attached hydrogens (tertiary/aromatic N) is 1.